The third kappa shape index (κ3) is 7.40. The molecule has 7 heteroatoms. The van der Waals surface area contributed by atoms with E-state index in [1.165, 1.54) is 0 Å². The van der Waals surface area contributed by atoms with Gasteiger partial charge in [0.2, 0.25) is 0 Å². The minimum Gasteiger partial charge on any atom is -0.484 e. The maximum atomic E-state index is 10.1. The summed E-state index contributed by atoms with van der Waals surface area (Å²) in [6.45, 7) is 5.31. The van der Waals surface area contributed by atoms with E-state index < -0.39 is 5.97 Å². The van der Waals surface area contributed by atoms with Crippen LogP contribution in [0, 0.1) is 0 Å². The van der Waals surface area contributed by atoms with Crippen molar-refractivity contribution >= 4 is 11.9 Å². The van der Waals surface area contributed by atoms with Crippen LogP contribution in [0.3, 0.4) is 0 Å². The average molecular weight is 302 g/mol. The molecule has 0 aromatic heterocycles. The summed E-state index contributed by atoms with van der Waals surface area (Å²) in [6, 6.07) is -0.0504. The summed E-state index contributed by atoms with van der Waals surface area (Å²) in [5.74, 6) is -0.0557. The van der Waals surface area contributed by atoms with Crippen molar-refractivity contribution in [3.05, 3.63) is 0 Å². The second-order valence-corrected chi connectivity index (χ2v) is 5.19. The lowest BCUT2D eigenvalue weighted by Gasteiger charge is -2.30. The summed E-state index contributed by atoms with van der Waals surface area (Å²) in [5, 5.41) is 17.5. The Morgan fingerprint density at radius 1 is 1.48 bits per heavy atom. The third-order valence-electron chi connectivity index (χ3n) is 3.43. The second kappa shape index (κ2) is 9.70. The normalized spacial score (nSPS) is 26.9. The minimum atomic E-state index is -0.833. The molecule has 21 heavy (non-hydrogen) atoms. The van der Waals surface area contributed by atoms with Crippen molar-refractivity contribution in [1.82, 2.24) is 4.90 Å². The number of carboxylic acids is 1. The van der Waals surface area contributed by atoms with Crippen LogP contribution in [0.15, 0.2) is 4.99 Å². The molecule has 0 amide bonds. The molecule has 2 N–H and O–H groups in total. The summed E-state index contributed by atoms with van der Waals surface area (Å²) < 4.78 is 10.6. The van der Waals surface area contributed by atoms with Crippen molar-refractivity contribution in [1.29, 1.82) is 0 Å². The van der Waals surface area contributed by atoms with E-state index in [9.17, 15) is 5.11 Å². The van der Waals surface area contributed by atoms with Gasteiger partial charge in [-0.25, -0.2) is 4.99 Å². The van der Waals surface area contributed by atoms with Crippen molar-refractivity contribution in [3.63, 3.8) is 0 Å². The number of nitrogens with zero attached hydrogens (tertiary/aromatic N) is 2. The van der Waals surface area contributed by atoms with E-state index in [0.29, 0.717) is 0 Å². The monoisotopic (exact) mass is 302 g/mol. The van der Waals surface area contributed by atoms with Gasteiger partial charge in [-0.15, -0.1) is 0 Å². The van der Waals surface area contributed by atoms with Crippen LogP contribution in [-0.2, 0) is 14.3 Å². The minimum absolute atomic E-state index is 0.0504. The second-order valence-electron chi connectivity index (χ2n) is 5.19. The smallest absolute Gasteiger partial charge is 0.300 e. The highest BCUT2D eigenvalue weighted by Gasteiger charge is 2.25. The number of hydrogen-bond donors (Lipinski definition) is 2. The SMILES string of the molecule is CC(=O)O.COC1=NC(CN2CCOCC2)C(O)CCC1. The van der Waals surface area contributed by atoms with E-state index in [1.807, 2.05) is 0 Å². The first-order valence-electron chi connectivity index (χ1n) is 7.31. The Morgan fingerprint density at radius 2 is 2.10 bits per heavy atom. The Kier molecular flexibility index (Phi) is 8.26. The zero-order valence-electron chi connectivity index (χ0n) is 12.8. The van der Waals surface area contributed by atoms with Gasteiger partial charge in [-0.05, 0) is 12.8 Å². The van der Waals surface area contributed by atoms with Crippen LogP contribution in [0.5, 0.6) is 0 Å². The molecule has 2 rings (SSSR count). The number of morpholine rings is 1. The Labute approximate surface area is 125 Å². The lowest BCUT2D eigenvalue weighted by molar-refractivity contribution is -0.134. The Morgan fingerprint density at radius 3 is 2.67 bits per heavy atom. The van der Waals surface area contributed by atoms with Crippen LogP contribution in [0.4, 0.5) is 0 Å². The van der Waals surface area contributed by atoms with Gasteiger partial charge in [-0.3, -0.25) is 9.69 Å². The van der Waals surface area contributed by atoms with E-state index in [-0.39, 0.29) is 12.1 Å². The van der Waals surface area contributed by atoms with Crippen LogP contribution in [-0.4, -0.2) is 79.1 Å². The number of carbonyl (C=O) groups is 1. The van der Waals surface area contributed by atoms with Gasteiger partial charge >= 0.3 is 0 Å². The first-order valence-corrected chi connectivity index (χ1v) is 7.31. The van der Waals surface area contributed by atoms with Crippen molar-refractivity contribution in [3.8, 4) is 0 Å². The maximum absolute atomic E-state index is 10.1. The fraction of sp³-hybridized carbons (Fsp3) is 0.857. The average Bonchev–Trinajstić information content (AvgIpc) is 2.62. The topological polar surface area (TPSA) is 91.6 Å². The number of carboxylic acid groups (broad SMARTS) is 1. The molecule has 2 unspecified atom stereocenters. The Balaban J connectivity index is 0.000000491. The van der Waals surface area contributed by atoms with Crippen molar-refractivity contribution < 1.29 is 24.5 Å². The summed E-state index contributed by atoms with van der Waals surface area (Å²) in [4.78, 5) is 15.8. The predicted octanol–water partition coefficient (Wildman–Crippen LogP) is 0.368. The van der Waals surface area contributed by atoms with Gasteiger partial charge < -0.3 is 19.7 Å². The highest BCUT2D eigenvalue weighted by molar-refractivity contribution is 5.76. The number of aliphatic carboxylic acids is 1. The van der Waals surface area contributed by atoms with Crippen LogP contribution < -0.4 is 0 Å². The van der Waals surface area contributed by atoms with Crippen LogP contribution in [0.25, 0.3) is 0 Å². The number of aliphatic hydroxyl groups excluding tert-OH is 1. The lowest BCUT2D eigenvalue weighted by Crippen LogP contribution is -2.43. The fourth-order valence-corrected chi connectivity index (χ4v) is 2.36. The fourth-order valence-electron chi connectivity index (χ4n) is 2.36. The molecule has 2 atom stereocenters. The molecule has 1 fully saturated rings. The Hall–Kier alpha value is -1.18. The highest BCUT2D eigenvalue weighted by Crippen LogP contribution is 2.16. The molecule has 1 saturated heterocycles. The van der Waals surface area contributed by atoms with Gasteiger partial charge in [0.15, 0.2) is 5.90 Å². The van der Waals surface area contributed by atoms with Gasteiger partial charge in [0, 0.05) is 33.0 Å². The lowest BCUT2D eigenvalue weighted by atomic mass is 10.1. The maximum Gasteiger partial charge on any atom is 0.300 e. The third-order valence-corrected chi connectivity index (χ3v) is 3.43. The zero-order chi connectivity index (χ0) is 15.7. The summed E-state index contributed by atoms with van der Waals surface area (Å²) in [5.41, 5.74) is 0. The summed E-state index contributed by atoms with van der Waals surface area (Å²) in [7, 11) is 1.66. The number of ether oxygens (including phenoxy) is 2. The molecule has 2 aliphatic rings. The molecule has 0 spiro atoms. The zero-order valence-corrected chi connectivity index (χ0v) is 12.8. The predicted molar refractivity (Wildman–Crippen MR) is 78.7 cm³/mol. The molecule has 0 saturated carbocycles. The molecule has 7 nitrogen and oxygen atoms in total. The number of hydrogen-bond acceptors (Lipinski definition) is 6. The van der Waals surface area contributed by atoms with Crippen LogP contribution >= 0.6 is 0 Å². The largest absolute Gasteiger partial charge is 0.484 e. The van der Waals surface area contributed by atoms with Crippen molar-refractivity contribution in [2.75, 3.05) is 40.0 Å². The molecule has 2 heterocycles. The first kappa shape index (κ1) is 17.9. The molecule has 0 aliphatic carbocycles. The number of aliphatic imine (C=N–C) groups is 1. The van der Waals surface area contributed by atoms with Crippen LogP contribution in [0.2, 0.25) is 0 Å². The molecule has 122 valence electrons. The van der Waals surface area contributed by atoms with Gasteiger partial charge in [-0.2, -0.15) is 0 Å². The first-order chi connectivity index (χ1) is 10.0. The van der Waals surface area contributed by atoms with Crippen molar-refractivity contribution in [2.45, 2.75) is 38.3 Å². The molecular formula is C14H26N2O5. The van der Waals surface area contributed by atoms with Gasteiger partial charge in [-0.1, -0.05) is 0 Å². The number of aliphatic hydroxyl groups is 1. The van der Waals surface area contributed by atoms with E-state index in [4.69, 9.17) is 19.4 Å². The van der Waals surface area contributed by atoms with Crippen molar-refractivity contribution in [2.24, 2.45) is 4.99 Å². The van der Waals surface area contributed by atoms with E-state index in [0.717, 1.165) is 64.9 Å². The molecular weight excluding hydrogens is 276 g/mol. The van der Waals surface area contributed by atoms with Gasteiger partial charge in [0.05, 0.1) is 32.5 Å². The number of rotatable bonds is 2. The summed E-state index contributed by atoms with van der Waals surface area (Å²) in [6.07, 6.45) is 2.26. The molecule has 0 bridgehead atoms. The van der Waals surface area contributed by atoms with Gasteiger partial charge in [0.1, 0.15) is 0 Å². The van der Waals surface area contributed by atoms with E-state index in [1.54, 1.807) is 7.11 Å². The molecule has 0 aromatic carbocycles. The highest BCUT2D eigenvalue weighted by atomic mass is 16.5. The number of methoxy groups -OCH3 is 1. The standard InChI is InChI=1S/C12H22N2O3.C2H4O2/c1-16-12-4-2-3-11(15)10(13-12)9-14-5-7-17-8-6-14;1-2(3)4/h10-11,15H,2-9H2,1H3;1H3,(H,3,4). The molecule has 0 aromatic rings. The van der Waals surface area contributed by atoms with E-state index >= 15 is 0 Å². The summed E-state index contributed by atoms with van der Waals surface area (Å²) >= 11 is 0. The van der Waals surface area contributed by atoms with Crippen LogP contribution in [0.1, 0.15) is 26.2 Å². The van der Waals surface area contributed by atoms with E-state index in [2.05, 4.69) is 9.89 Å². The van der Waals surface area contributed by atoms with Gasteiger partial charge in [0.25, 0.3) is 5.97 Å². The molecule has 0 radical (unpaired) electrons. The quantitative estimate of drug-likeness (QED) is 0.765. The molecule has 2 aliphatic heterocycles. The Bertz CT molecular complexity index is 338.